The number of phenolic OH excluding ortho intramolecular Hbond substituents is 1. The second-order valence-corrected chi connectivity index (χ2v) is 8.00. The lowest BCUT2D eigenvalue weighted by Crippen LogP contribution is -2.29. The van der Waals surface area contributed by atoms with E-state index in [1.165, 1.54) is 23.1 Å². The molecule has 2 aromatic carbocycles. The van der Waals surface area contributed by atoms with E-state index in [9.17, 15) is 19.8 Å². The van der Waals surface area contributed by atoms with Crippen LogP contribution in [-0.2, 0) is 9.59 Å². The first kappa shape index (κ1) is 23.9. The van der Waals surface area contributed by atoms with Gasteiger partial charge in [0.1, 0.15) is 17.3 Å². The number of ketones is 1. The van der Waals surface area contributed by atoms with Crippen LogP contribution in [0, 0.1) is 6.92 Å². The summed E-state index contributed by atoms with van der Waals surface area (Å²) >= 11 is 0. The number of nitrogens with zero attached hydrogens (tertiary/aromatic N) is 2. The van der Waals surface area contributed by atoms with Crippen LogP contribution in [0.2, 0.25) is 0 Å². The molecule has 1 aromatic heterocycles. The van der Waals surface area contributed by atoms with E-state index in [1.807, 2.05) is 6.92 Å². The maximum absolute atomic E-state index is 13.2. The maximum atomic E-state index is 13.2. The standard InChI is InChI=1S/C26H26N2O7/c1-4-12-34-18-9-6-16(7-10-18)24(30)22-23(17-8-11-19(29)20(14-17)33-5-2)28(26(32)25(22)31)21-13-15(3)35-27-21/h6-11,13-14,23,29-30H,4-5,12H2,1-3H3/b24-22+. The molecule has 1 fully saturated rings. The topological polar surface area (TPSA) is 122 Å². The van der Waals surface area contributed by atoms with Crippen molar-refractivity contribution in [1.82, 2.24) is 5.16 Å². The van der Waals surface area contributed by atoms with Crippen molar-refractivity contribution in [3.05, 3.63) is 71.0 Å². The number of aromatic hydroxyl groups is 1. The summed E-state index contributed by atoms with van der Waals surface area (Å²) in [4.78, 5) is 27.5. The summed E-state index contributed by atoms with van der Waals surface area (Å²) in [6.07, 6.45) is 0.850. The number of hydrogen-bond acceptors (Lipinski definition) is 8. The lowest BCUT2D eigenvalue weighted by Gasteiger charge is -2.23. The summed E-state index contributed by atoms with van der Waals surface area (Å²) in [5.74, 6) is -0.782. The van der Waals surface area contributed by atoms with E-state index in [1.54, 1.807) is 44.2 Å². The normalized spacial score (nSPS) is 17.1. The SMILES string of the molecule is CCCOc1ccc(/C(O)=C2\C(=O)C(=O)N(c3cc(C)on3)C2c2ccc(O)c(OCC)c2)cc1. The van der Waals surface area contributed by atoms with Crippen molar-refractivity contribution in [2.75, 3.05) is 18.1 Å². The molecule has 1 amide bonds. The highest BCUT2D eigenvalue weighted by molar-refractivity contribution is 6.51. The van der Waals surface area contributed by atoms with Crippen molar-refractivity contribution in [2.45, 2.75) is 33.2 Å². The van der Waals surface area contributed by atoms with E-state index >= 15 is 0 Å². The van der Waals surface area contributed by atoms with Gasteiger partial charge in [-0.15, -0.1) is 0 Å². The molecule has 1 atom stereocenters. The summed E-state index contributed by atoms with van der Waals surface area (Å²) in [6.45, 7) is 6.28. The number of Topliss-reactive ketones (excluding diaryl/α,β-unsaturated/α-hetero) is 1. The monoisotopic (exact) mass is 478 g/mol. The Morgan fingerprint density at radius 3 is 2.46 bits per heavy atom. The first-order valence-corrected chi connectivity index (χ1v) is 11.3. The third-order valence-corrected chi connectivity index (χ3v) is 5.51. The van der Waals surface area contributed by atoms with Crippen LogP contribution >= 0.6 is 0 Å². The van der Waals surface area contributed by atoms with E-state index in [0.717, 1.165) is 6.42 Å². The minimum absolute atomic E-state index is 0.0903. The van der Waals surface area contributed by atoms with Gasteiger partial charge in [-0.1, -0.05) is 18.1 Å². The molecule has 0 saturated carbocycles. The zero-order valence-electron chi connectivity index (χ0n) is 19.6. The Hall–Kier alpha value is -4.27. The molecule has 1 aliphatic heterocycles. The first-order valence-electron chi connectivity index (χ1n) is 11.3. The van der Waals surface area contributed by atoms with Gasteiger partial charge in [0.25, 0.3) is 5.78 Å². The molecule has 2 heterocycles. The summed E-state index contributed by atoms with van der Waals surface area (Å²) in [6, 6.07) is 11.6. The zero-order chi connectivity index (χ0) is 25.1. The van der Waals surface area contributed by atoms with Crippen LogP contribution in [0.15, 0.2) is 58.6 Å². The van der Waals surface area contributed by atoms with E-state index in [-0.39, 0.29) is 28.6 Å². The third kappa shape index (κ3) is 4.57. The molecular weight excluding hydrogens is 452 g/mol. The average Bonchev–Trinajstić information content (AvgIpc) is 3.39. The predicted octanol–water partition coefficient (Wildman–Crippen LogP) is 4.50. The van der Waals surface area contributed by atoms with Crippen LogP contribution < -0.4 is 14.4 Å². The van der Waals surface area contributed by atoms with E-state index in [2.05, 4.69) is 5.16 Å². The number of aryl methyl sites for hydroxylation is 1. The van der Waals surface area contributed by atoms with Gasteiger partial charge in [0, 0.05) is 11.6 Å². The molecule has 1 saturated heterocycles. The Morgan fingerprint density at radius 1 is 1.09 bits per heavy atom. The van der Waals surface area contributed by atoms with Gasteiger partial charge in [0.2, 0.25) is 0 Å². The first-order chi connectivity index (χ1) is 16.8. The Bertz CT molecular complexity index is 1280. The number of aliphatic hydroxyl groups excluding tert-OH is 1. The molecule has 0 bridgehead atoms. The largest absolute Gasteiger partial charge is 0.507 e. The minimum Gasteiger partial charge on any atom is -0.507 e. The van der Waals surface area contributed by atoms with E-state index in [4.69, 9.17) is 14.0 Å². The fourth-order valence-electron chi connectivity index (χ4n) is 3.91. The van der Waals surface area contributed by atoms with Crippen LogP contribution in [0.3, 0.4) is 0 Å². The summed E-state index contributed by atoms with van der Waals surface area (Å²) in [5, 5.41) is 25.3. The number of aromatic nitrogens is 1. The molecule has 0 spiro atoms. The third-order valence-electron chi connectivity index (χ3n) is 5.51. The van der Waals surface area contributed by atoms with Crippen molar-refractivity contribution in [2.24, 2.45) is 0 Å². The van der Waals surface area contributed by atoms with E-state index in [0.29, 0.717) is 35.9 Å². The molecule has 3 aromatic rings. The molecule has 9 nitrogen and oxygen atoms in total. The number of amides is 1. The van der Waals surface area contributed by atoms with Crippen LogP contribution in [0.25, 0.3) is 5.76 Å². The summed E-state index contributed by atoms with van der Waals surface area (Å²) in [7, 11) is 0. The maximum Gasteiger partial charge on any atom is 0.301 e. The highest BCUT2D eigenvalue weighted by atomic mass is 16.5. The number of carbonyl (C=O) groups is 2. The molecule has 0 radical (unpaired) electrons. The molecule has 182 valence electrons. The number of aliphatic hydroxyl groups is 1. The Balaban J connectivity index is 1.86. The smallest absolute Gasteiger partial charge is 0.301 e. The molecule has 1 unspecified atom stereocenters. The molecule has 2 N–H and O–H groups in total. The number of rotatable bonds is 8. The number of anilines is 1. The van der Waals surface area contributed by atoms with Gasteiger partial charge in [-0.05, 0) is 62.2 Å². The van der Waals surface area contributed by atoms with Gasteiger partial charge in [0.05, 0.1) is 24.8 Å². The molecule has 35 heavy (non-hydrogen) atoms. The van der Waals surface area contributed by atoms with Crippen LogP contribution in [0.4, 0.5) is 5.82 Å². The second kappa shape index (κ2) is 9.92. The van der Waals surface area contributed by atoms with Gasteiger partial charge in [-0.2, -0.15) is 0 Å². The van der Waals surface area contributed by atoms with Crippen molar-refractivity contribution in [3.8, 4) is 17.2 Å². The molecular formula is C26H26N2O7. The number of carbonyl (C=O) groups excluding carboxylic acids is 2. The summed E-state index contributed by atoms with van der Waals surface area (Å²) in [5.41, 5.74) is 0.665. The van der Waals surface area contributed by atoms with Crippen LogP contribution in [0.5, 0.6) is 17.2 Å². The average molecular weight is 479 g/mol. The van der Waals surface area contributed by atoms with E-state index < -0.39 is 17.7 Å². The number of phenols is 1. The van der Waals surface area contributed by atoms with Crippen LogP contribution in [-0.4, -0.2) is 40.3 Å². The van der Waals surface area contributed by atoms with Crippen LogP contribution in [0.1, 0.15) is 43.2 Å². The van der Waals surface area contributed by atoms with Gasteiger partial charge in [-0.3, -0.25) is 14.5 Å². The fourth-order valence-corrected chi connectivity index (χ4v) is 3.91. The lowest BCUT2D eigenvalue weighted by molar-refractivity contribution is -0.132. The van der Waals surface area contributed by atoms with Crippen molar-refractivity contribution < 1.29 is 33.8 Å². The number of benzene rings is 2. The minimum atomic E-state index is -1.03. The van der Waals surface area contributed by atoms with Crippen molar-refractivity contribution in [1.29, 1.82) is 0 Å². The molecule has 1 aliphatic rings. The molecule has 0 aliphatic carbocycles. The van der Waals surface area contributed by atoms with Gasteiger partial charge >= 0.3 is 5.91 Å². The van der Waals surface area contributed by atoms with Crippen molar-refractivity contribution in [3.63, 3.8) is 0 Å². The zero-order valence-corrected chi connectivity index (χ0v) is 19.6. The summed E-state index contributed by atoms with van der Waals surface area (Å²) < 4.78 is 16.2. The quantitative estimate of drug-likeness (QED) is 0.276. The van der Waals surface area contributed by atoms with Gasteiger partial charge in [0.15, 0.2) is 17.3 Å². The second-order valence-electron chi connectivity index (χ2n) is 8.00. The van der Waals surface area contributed by atoms with Crippen molar-refractivity contribution >= 4 is 23.3 Å². The lowest BCUT2D eigenvalue weighted by atomic mass is 9.95. The Labute approximate surface area is 202 Å². The van der Waals surface area contributed by atoms with Gasteiger partial charge in [-0.25, -0.2) is 0 Å². The Kier molecular flexibility index (Phi) is 6.77. The molecule has 9 heteroatoms. The number of hydrogen-bond donors (Lipinski definition) is 2. The fraction of sp³-hybridized carbons (Fsp3) is 0.269. The number of ether oxygens (including phenoxy) is 2. The molecule has 4 rings (SSSR count). The Morgan fingerprint density at radius 2 is 1.83 bits per heavy atom. The highest BCUT2D eigenvalue weighted by Gasteiger charge is 2.48. The van der Waals surface area contributed by atoms with Gasteiger partial charge < -0.3 is 24.2 Å². The predicted molar refractivity (Wildman–Crippen MR) is 128 cm³/mol. The highest BCUT2D eigenvalue weighted by Crippen LogP contribution is 2.43.